The molecule has 3 aromatic rings. The van der Waals surface area contributed by atoms with Gasteiger partial charge in [0.05, 0.1) is 17.5 Å². The van der Waals surface area contributed by atoms with Gasteiger partial charge in [-0.05, 0) is 62.1 Å². The van der Waals surface area contributed by atoms with Crippen LogP contribution in [0.3, 0.4) is 0 Å². The van der Waals surface area contributed by atoms with Gasteiger partial charge in [-0.2, -0.15) is 5.26 Å². The Balaban J connectivity index is 1.92. The molecule has 0 spiro atoms. The van der Waals surface area contributed by atoms with Crippen molar-refractivity contribution in [2.45, 2.75) is 45.3 Å². The van der Waals surface area contributed by atoms with Gasteiger partial charge in [0.2, 0.25) is 5.91 Å². The average Bonchev–Trinajstić information content (AvgIpc) is 3.18. The first-order chi connectivity index (χ1) is 14.7. The van der Waals surface area contributed by atoms with Crippen LogP contribution in [-0.4, -0.2) is 36.9 Å². The Kier molecular flexibility index (Phi) is 6.76. The Morgan fingerprint density at radius 2 is 1.90 bits per heavy atom. The maximum atomic E-state index is 12.6. The van der Waals surface area contributed by atoms with E-state index in [2.05, 4.69) is 52.5 Å². The molecule has 31 heavy (non-hydrogen) atoms. The van der Waals surface area contributed by atoms with Crippen molar-refractivity contribution in [2.75, 3.05) is 5.75 Å². The van der Waals surface area contributed by atoms with Crippen molar-refractivity contribution in [1.29, 1.82) is 5.26 Å². The molecule has 2 heterocycles. The third kappa shape index (κ3) is 4.94. The fourth-order valence-corrected chi connectivity index (χ4v) is 3.66. The maximum absolute atomic E-state index is 12.6. The van der Waals surface area contributed by atoms with E-state index >= 15 is 0 Å². The second kappa shape index (κ2) is 9.31. The first-order valence-corrected chi connectivity index (χ1v) is 11.0. The number of aryl methyl sites for hydroxylation is 2. The molecule has 1 atom stereocenters. The molecule has 8 heteroatoms. The number of pyridine rings is 1. The van der Waals surface area contributed by atoms with Crippen LogP contribution in [-0.2, 0) is 4.79 Å². The van der Waals surface area contributed by atoms with Gasteiger partial charge in [-0.25, -0.2) is 0 Å². The van der Waals surface area contributed by atoms with Gasteiger partial charge in [-0.3, -0.25) is 14.3 Å². The van der Waals surface area contributed by atoms with Crippen molar-refractivity contribution in [3.63, 3.8) is 0 Å². The fourth-order valence-electron chi connectivity index (χ4n) is 2.91. The van der Waals surface area contributed by atoms with Gasteiger partial charge in [-0.15, -0.1) is 10.2 Å². The summed E-state index contributed by atoms with van der Waals surface area (Å²) in [5.41, 5.74) is 3.24. The molecular formula is C23H26N6OS. The summed E-state index contributed by atoms with van der Waals surface area (Å²) in [5.74, 6) is 0.577. The number of benzene rings is 1. The number of rotatable bonds is 7. The molecule has 2 aromatic heterocycles. The molecule has 1 aromatic carbocycles. The lowest BCUT2D eigenvalue weighted by molar-refractivity contribution is -0.120. The second-order valence-electron chi connectivity index (χ2n) is 7.95. The number of carbonyl (C=O) groups excluding carboxylic acids is 1. The molecule has 1 unspecified atom stereocenters. The minimum atomic E-state index is -0.915. The lowest BCUT2D eigenvalue weighted by atomic mass is 9.90. The van der Waals surface area contributed by atoms with E-state index in [1.165, 1.54) is 17.3 Å². The topological polar surface area (TPSA) is 96.5 Å². The number of nitrogens with one attached hydrogen (secondary N) is 1. The van der Waals surface area contributed by atoms with Crippen LogP contribution in [0, 0.1) is 31.1 Å². The Morgan fingerprint density at radius 1 is 1.19 bits per heavy atom. The van der Waals surface area contributed by atoms with Crippen LogP contribution in [0.15, 0.2) is 47.9 Å². The van der Waals surface area contributed by atoms with Crippen LogP contribution in [0.1, 0.15) is 31.9 Å². The van der Waals surface area contributed by atoms with Crippen LogP contribution in [0.25, 0.3) is 17.1 Å². The number of nitriles is 1. The number of aromatic nitrogens is 4. The summed E-state index contributed by atoms with van der Waals surface area (Å²) in [6.45, 7) is 9.68. The smallest absolute Gasteiger partial charge is 0.231 e. The molecule has 1 N–H and O–H groups in total. The SMILES string of the molecule is Cc1ccc(-n2c(SCC(=O)NC(C)(C#N)C(C)C)nnc2-c2ccncc2)cc1C. The summed E-state index contributed by atoms with van der Waals surface area (Å²) in [6, 6.07) is 12.1. The normalized spacial score (nSPS) is 12.9. The number of hydrogen-bond donors (Lipinski definition) is 1. The van der Waals surface area contributed by atoms with Gasteiger partial charge in [-0.1, -0.05) is 31.7 Å². The van der Waals surface area contributed by atoms with Crippen molar-refractivity contribution in [2.24, 2.45) is 5.92 Å². The molecule has 0 saturated heterocycles. The molecule has 160 valence electrons. The molecule has 0 aliphatic rings. The largest absolute Gasteiger partial charge is 0.337 e. The van der Waals surface area contributed by atoms with Gasteiger partial charge < -0.3 is 5.32 Å². The lowest BCUT2D eigenvalue weighted by Crippen LogP contribution is -2.49. The summed E-state index contributed by atoms with van der Waals surface area (Å²) in [5, 5.41) is 21.7. The molecule has 0 radical (unpaired) electrons. The summed E-state index contributed by atoms with van der Waals surface area (Å²) < 4.78 is 1.95. The molecule has 0 fully saturated rings. The first-order valence-electron chi connectivity index (χ1n) is 10.0. The van der Waals surface area contributed by atoms with Crippen LogP contribution in [0.5, 0.6) is 0 Å². The number of carbonyl (C=O) groups is 1. The number of thioether (sulfide) groups is 1. The molecule has 7 nitrogen and oxygen atoms in total. The van der Waals surface area contributed by atoms with E-state index in [0.717, 1.165) is 16.8 Å². The quantitative estimate of drug-likeness (QED) is 0.563. The molecular weight excluding hydrogens is 408 g/mol. The average molecular weight is 435 g/mol. The van der Waals surface area contributed by atoms with E-state index in [-0.39, 0.29) is 17.6 Å². The lowest BCUT2D eigenvalue weighted by Gasteiger charge is -2.27. The second-order valence-corrected chi connectivity index (χ2v) is 8.89. The summed E-state index contributed by atoms with van der Waals surface area (Å²) >= 11 is 1.29. The van der Waals surface area contributed by atoms with E-state index in [1.807, 2.05) is 36.6 Å². The fraction of sp³-hybridized carbons (Fsp3) is 0.348. The highest BCUT2D eigenvalue weighted by molar-refractivity contribution is 7.99. The number of amides is 1. The Labute approximate surface area is 186 Å². The minimum absolute atomic E-state index is 0.0103. The monoisotopic (exact) mass is 434 g/mol. The third-order valence-electron chi connectivity index (χ3n) is 5.44. The number of hydrogen-bond acceptors (Lipinski definition) is 6. The summed E-state index contributed by atoms with van der Waals surface area (Å²) in [6.07, 6.45) is 3.42. The predicted molar refractivity (Wildman–Crippen MR) is 122 cm³/mol. The van der Waals surface area contributed by atoms with Gasteiger partial charge in [0, 0.05) is 18.0 Å². The van der Waals surface area contributed by atoms with Crippen molar-refractivity contribution in [1.82, 2.24) is 25.1 Å². The number of nitrogens with zero attached hydrogens (tertiary/aromatic N) is 5. The van der Waals surface area contributed by atoms with E-state index < -0.39 is 5.54 Å². The molecule has 0 aliphatic carbocycles. The molecule has 0 saturated carbocycles. The maximum Gasteiger partial charge on any atom is 0.231 e. The molecule has 0 aliphatic heterocycles. The minimum Gasteiger partial charge on any atom is -0.337 e. The highest BCUT2D eigenvalue weighted by atomic mass is 32.2. The van der Waals surface area contributed by atoms with Gasteiger partial charge in [0.25, 0.3) is 0 Å². The van der Waals surface area contributed by atoms with Crippen molar-refractivity contribution in [3.8, 4) is 23.1 Å². The van der Waals surface area contributed by atoms with Gasteiger partial charge in [0.15, 0.2) is 11.0 Å². The Morgan fingerprint density at radius 3 is 2.52 bits per heavy atom. The van der Waals surface area contributed by atoms with Crippen molar-refractivity contribution < 1.29 is 4.79 Å². The van der Waals surface area contributed by atoms with E-state index in [9.17, 15) is 10.1 Å². The zero-order valence-electron chi connectivity index (χ0n) is 18.4. The van der Waals surface area contributed by atoms with Gasteiger partial charge >= 0.3 is 0 Å². The molecule has 1 amide bonds. The van der Waals surface area contributed by atoms with Crippen molar-refractivity contribution >= 4 is 17.7 Å². The summed E-state index contributed by atoms with van der Waals surface area (Å²) in [7, 11) is 0. The zero-order chi connectivity index (χ0) is 22.6. The third-order valence-corrected chi connectivity index (χ3v) is 6.37. The summed E-state index contributed by atoms with van der Waals surface area (Å²) in [4.78, 5) is 16.6. The predicted octanol–water partition coefficient (Wildman–Crippen LogP) is 4.09. The Bertz CT molecular complexity index is 1120. The first kappa shape index (κ1) is 22.5. The zero-order valence-corrected chi connectivity index (χ0v) is 19.2. The van der Waals surface area contributed by atoms with Crippen LogP contribution >= 0.6 is 11.8 Å². The van der Waals surface area contributed by atoms with Crippen LogP contribution in [0.2, 0.25) is 0 Å². The van der Waals surface area contributed by atoms with Crippen molar-refractivity contribution in [3.05, 3.63) is 53.9 Å². The van der Waals surface area contributed by atoms with E-state index in [4.69, 9.17) is 0 Å². The molecule has 3 rings (SSSR count). The van der Waals surface area contributed by atoms with Gasteiger partial charge in [0.1, 0.15) is 5.54 Å². The van der Waals surface area contributed by atoms with E-state index in [1.54, 1.807) is 19.3 Å². The van der Waals surface area contributed by atoms with Crippen LogP contribution in [0.4, 0.5) is 0 Å². The van der Waals surface area contributed by atoms with Crippen LogP contribution < -0.4 is 5.32 Å². The van der Waals surface area contributed by atoms with E-state index in [0.29, 0.717) is 11.0 Å². The Hall–Kier alpha value is -3.18. The standard InChI is InChI=1S/C23H26N6OS/c1-15(2)23(5,14-24)26-20(30)13-31-22-28-27-21(18-8-10-25-11-9-18)29(22)19-7-6-16(3)17(4)12-19/h6-12,15H,13H2,1-5H3,(H,26,30). The highest BCUT2D eigenvalue weighted by Crippen LogP contribution is 2.29. The molecule has 0 bridgehead atoms. The highest BCUT2D eigenvalue weighted by Gasteiger charge is 2.30.